The van der Waals surface area contributed by atoms with Crippen molar-refractivity contribution in [1.29, 1.82) is 0 Å². The molecule has 0 radical (unpaired) electrons. The molecule has 76 valence electrons. The van der Waals surface area contributed by atoms with Gasteiger partial charge in [0.15, 0.2) is 0 Å². The highest BCUT2D eigenvalue weighted by Gasteiger charge is 2.50. The summed E-state index contributed by atoms with van der Waals surface area (Å²) in [4.78, 5) is 2.17. The molecule has 3 atom stereocenters. The van der Waals surface area contributed by atoms with Gasteiger partial charge in [0.2, 0.25) is 0 Å². The van der Waals surface area contributed by atoms with Gasteiger partial charge in [-0.3, -0.25) is 9.29 Å². The van der Waals surface area contributed by atoms with Crippen molar-refractivity contribution < 1.29 is 8.78 Å². The van der Waals surface area contributed by atoms with Crippen LogP contribution in [0.3, 0.4) is 0 Å². The van der Waals surface area contributed by atoms with Gasteiger partial charge in [-0.1, -0.05) is 6.92 Å². The molecular formula is C10H17F2N. The minimum Gasteiger partial charge on any atom is -0.294 e. The molecule has 1 nitrogen and oxygen atoms in total. The molecule has 2 aliphatic rings. The van der Waals surface area contributed by atoms with Gasteiger partial charge in [-0.15, -0.1) is 0 Å². The molecule has 0 spiro atoms. The molecule has 0 aliphatic carbocycles. The van der Waals surface area contributed by atoms with Crippen LogP contribution in [0, 0.1) is 5.92 Å². The molecule has 3 heteroatoms. The maximum Gasteiger partial charge on any atom is 0.115 e. The average molecular weight is 189 g/mol. The standard InChI is InChI=1S/C10H17F2N/c1-2-10-3-8(5-11)6-13(10)7-9(12)4-10/h8-9H,2-7H2,1H3/t8?,9-,10+/m1/s1. The lowest BCUT2D eigenvalue weighted by Gasteiger charge is -2.29. The summed E-state index contributed by atoms with van der Waals surface area (Å²) in [6.45, 7) is 3.15. The second kappa shape index (κ2) is 3.19. The lowest BCUT2D eigenvalue weighted by Crippen LogP contribution is -2.37. The van der Waals surface area contributed by atoms with Gasteiger partial charge >= 0.3 is 0 Å². The van der Waals surface area contributed by atoms with Crippen molar-refractivity contribution in [2.24, 2.45) is 5.92 Å². The van der Waals surface area contributed by atoms with Gasteiger partial charge in [-0.05, 0) is 19.3 Å². The van der Waals surface area contributed by atoms with E-state index in [1.165, 1.54) is 0 Å². The summed E-state index contributed by atoms with van der Waals surface area (Å²) in [5, 5.41) is 0. The molecule has 0 aromatic carbocycles. The van der Waals surface area contributed by atoms with Crippen molar-refractivity contribution in [3.05, 3.63) is 0 Å². The molecular weight excluding hydrogens is 172 g/mol. The molecule has 2 aliphatic heterocycles. The van der Waals surface area contributed by atoms with E-state index in [0.29, 0.717) is 13.0 Å². The Morgan fingerprint density at radius 1 is 1.38 bits per heavy atom. The van der Waals surface area contributed by atoms with Crippen LogP contribution in [0.1, 0.15) is 26.2 Å². The van der Waals surface area contributed by atoms with E-state index in [2.05, 4.69) is 11.8 Å². The van der Waals surface area contributed by atoms with Crippen LogP contribution in [0.4, 0.5) is 8.78 Å². The number of hydrogen-bond acceptors (Lipinski definition) is 1. The van der Waals surface area contributed by atoms with Gasteiger partial charge in [0.1, 0.15) is 6.17 Å². The van der Waals surface area contributed by atoms with Gasteiger partial charge in [0.25, 0.3) is 0 Å². The number of fused-ring (bicyclic) bond motifs is 1. The third-order valence-corrected chi connectivity index (χ3v) is 3.71. The molecule has 1 unspecified atom stereocenters. The van der Waals surface area contributed by atoms with Crippen molar-refractivity contribution in [3.8, 4) is 0 Å². The predicted octanol–water partition coefficient (Wildman–Crippen LogP) is 2.17. The van der Waals surface area contributed by atoms with Crippen molar-refractivity contribution in [2.75, 3.05) is 19.8 Å². The van der Waals surface area contributed by atoms with E-state index in [1.54, 1.807) is 0 Å². The highest BCUT2D eigenvalue weighted by atomic mass is 19.1. The van der Waals surface area contributed by atoms with Gasteiger partial charge in [0, 0.05) is 24.5 Å². The van der Waals surface area contributed by atoms with Crippen LogP contribution in [-0.4, -0.2) is 36.4 Å². The second-order valence-corrected chi connectivity index (χ2v) is 4.51. The summed E-state index contributed by atoms with van der Waals surface area (Å²) in [5.41, 5.74) is 0.0101. The van der Waals surface area contributed by atoms with Crippen molar-refractivity contribution >= 4 is 0 Å². The first-order chi connectivity index (χ1) is 6.20. The monoisotopic (exact) mass is 189 g/mol. The highest BCUT2D eigenvalue weighted by molar-refractivity contribution is 5.05. The summed E-state index contributed by atoms with van der Waals surface area (Å²) in [6, 6.07) is 0. The minimum absolute atomic E-state index is 0.0101. The minimum atomic E-state index is -0.680. The smallest absolute Gasteiger partial charge is 0.115 e. The lowest BCUT2D eigenvalue weighted by molar-refractivity contribution is 0.189. The zero-order valence-electron chi connectivity index (χ0n) is 8.10. The van der Waals surface area contributed by atoms with Gasteiger partial charge in [-0.2, -0.15) is 0 Å². The average Bonchev–Trinajstić information content (AvgIpc) is 2.57. The van der Waals surface area contributed by atoms with Crippen LogP contribution in [0.2, 0.25) is 0 Å². The topological polar surface area (TPSA) is 3.24 Å². The molecule has 2 saturated heterocycles. The molecule has 13 heavy (non-hydrogen) atoms. The van der Waals surface area contributed by atoms with Crippen molar-refractivity contribution in [3.63, 3.8) is 0 Å². The second-order valence-electron chi connectivity index (χ2n) is 4.51. The van der Waals surface area contributed by atoms with Crippen LogP contribution in [0.15, 0.2) is 0 Å². The number of nitrogens with zero attached hydrogens (tertiary/aromatic N) is 1. The van der Waals surface area contributed by atoms with E-state index >= 15 is 0 Å². The molecule has 0 aromatic rings. The predicted molar refractivity (Wildman–Crippen MR) is 48.2 cm³/mol. The van der Waals surface area contributed by atoms with Crippen molar-refractivity contribution in [1.82, 2.24) is 4.90 Å². The molecule has 0 bridgehead atoms. The van der Waals surface area contributed by atoms with Gasteiger partial charge in [-0.25, -0.2) is 4.39 Å². The van der Waals surface area contributed by atoms with Gasteiger partial charge < -0.3 is 0 Å². The Morgan fingerprint density at radius 2 is 2.15 bits per heavy atom. The fraction of sp³-hybridized carbons (Fsp3) is 1.00. The molecule has 2 fully saturated rings. The van der Waals surface area contributed by atoms with Gasteiger partial charge in [0.05, 0.1) is 6.67 Å². The highest BCUT2D eigenvalue weighted by Crippen LogP contribution is 2.44. The Balaban J connectivity index is 2.10. The SMILES string of the molecule is CC[C@@]12CC(CF)CN1C[C@H](F)C2. The first-order valence-corrected chi connectivity index (χ1v) is 5.15. The van der Waals surface area contributed by atoms with Crippen LogP contribution >= 0.6 is 0 Å². The normalized spacial score (nSPS) is 45.5. The fourth-order valence-corrected chi connectivity index (χ4v) is 3.05. The number of halogens is 2. The fourth-order valence-electron chi connectivity index (χ4n) is 3.05. The molecule has 2 heterocycles. The van der Waals surface area contributed by atoms with Crippen molar-refractivity contribution in [2.45, 2.75) is 37.9 Å². The van der Waals surface area contributed by atoms with E-state index in [-0.39, 0.29) is 18.1 Å². The zero-order chi connectivity index (χ0) is 9.47. The largest absolute Gasteiger partial charge is 0.294 e. The Hall–Kier alpha value is -0.180. The van der Waals surface area contributed by atoms with Crippen LogP contribution in [0.25, 0.3) is 0 Å². The Labute approximate surface area is 78.1 Å². The molecule has 0 amide bonds. The molecule has 2 rings (SSSR count). The summed E-state index contributed by atoms with van der Waals surface area (Å²) in [5.74, 6) is 0.160. The van der Waals surface area contributed by atoms with E-state index in [1.807, 2.05) is 0 Å². The lowest BCUT2D eigenvalue weighted by atomic mass is 9.88. The summed E-state index contributed by atoms with van der Waals surface area (Å²) in [7, 11) is 0. The maximum atomic E-state index is 13.2. The summed E-state index contributed by atoms with van der Waals surface area (Å²) >= 11 is 0. The third-order valence-electron chi connectivity index (χ3n) is 3.71. The van der Waals surface area contributed by atoms with Crippen LogP contribution in [-0.2, 0) is 0 Å². The first kappa shape index (κ1) is 9.38. The zero-order valence-corrected chi connectivity index (χ0v) is 8.10. The quantitative estimate of drug-likeness (QED) is 0.643. The van der Waals surface area contributed by atoms with Crippen LogP contribution < -0.4 is 0 Å². The first-order valence-electron chi connectivity index (χ1n) is 5.15. The number of hydrogen-bond donors (Lipinski definition) is 0. The molecule has 0 saturated carbocycles. The molecule has 0 N–H and O–H groups in total. The Bertz CT molecular complexity index is 197. The Kier molecular flexibility index (Phi) is 2.30. The van der Waals surface area contributed by atoms with Crippen LogP contribution in [0.5, 0.6) is 0 Å². The summed E-state index contributed by atoms with van der Waals surface area (Å²) in [6.07, 6.45) is 1.77. The number of alkyl halides is 2. The van der Waals surface area contributed by atoms with E-state index in [0.717, 1.165) is 19.4 Å². The third kappa shape index (κ3) is 1.37. The summed E-state index contributed by atoms with van der Waals surface area (Å²) < 4.78 is 25.7. The maximum absolute atomic E-state index is 13.2. The molecule has 0 aromatic heterocycles. The number of rotatable bonds is 2. The Morgan fingerprint density at radius 3 is 2.69 bits per heavy atom. The van der Waals surface area contributed by atoms with E-state index in [4.69, 9.17) is 0 Å². The van der Waals surface area contributed by atoms with E-state index < -0.39 is 6.17 Å². The van der Waals surface area contributed by atoms with E-state index in [9.17, 15) is 8.78 Å².